The molecule has 0 radical (unpaired) electrons. The first kappa shape index (κ1) is 19.0. The maximum Gasteiger partial charge on any atom is 0.293 e. The lowest BCUT2D eigenvalue weighted by Gasteiger charge is -2.13. The molecule has 0 atom stereocenters. The van der Waals surface area contributed by atoms with Gasteiger partial charge in [-0.05, 0) is 86.8 Å². The van der Waals surface area contributed by atoms with Crippen LogP contribution in [0.25, 0.3) is 6.08 Å². The van der Waals surface area contributed by atoms with Crippen LogP contribution in [-0.2, 0) is 11.3 Å². The molecule has 2 aromatic carbocycles. The van der Waals surface area contributed by atoms with E-state index in [1.807, 2.05) is 34.7 Å². The van der Waals surface area contributed by atoms with Gasteiger partial charge in [0.05, 0.1) is 15.0 Å². The Morgan fingerprint density at radius 1 is 1.20 bits per heavy atom. The number of imide groups is 1. The SMILES string of the molecule is O=C1S/C(=C\c2cc(I)cc(I)c2O)C(=O)N1Cc1ccccc1Cl. The molecule has 4 nitrogen and oxygen atoms in total. The van der Waals surface area contributed by atoms with E-state index >= 15 is 0 Å². The zero-order valence-electron chi connectivity index (χ0n) is 12.5. The second kappa shape index (κ2) is 7.85. The molecule has 25 heavy (non-hydrogen) atoms. The third-order valence-electron chi connectivity index (χ3n) is 3.50. The number of halogens is 3. The maximum absolute atomic E-state index is 12.6. The predicted molar refractivity (Wildman–Crippen MR) is 117 cm³/mol. The lowest BCUT2D eigenvalue weighted by Crippen LogP contribution is -2.27. The number of rotatable bonds is 3. The highest BCUT2D eigenvalue weighted by Gasteiger charge is 2.35. The van der Waals surface area contributed by atoms with Crippen molar-refractivity contribution >= 4 is 85.8 Å². The zero-order valence-corrected chi connectivity index (χ0v) is 18.4. The Labute approximate surface area is 180 Å². The monoisotopic (exact) mass is 597 g/mol. The van der Waals surface area contributed by atoms with Crippen molar-refractivity contribution in [1.29, 1.82) is 0 Å². The fourth-order valence-corrected chi connectivity index (χ4v) is 5.18. The van der Waals surface area contributed by atoms with Crippen LogP contribution in [0.4, 0.5) is 4.79 Å². The van der Waals surface area contributed by atoms with Gasteiger partial charge in [0.15, 0.2) is 0 Å². The lowest BCUT2D eigenvalue weighted by atomic mass is 10.2. The molecule has 0 aliphatic carbocycles. The maximum atomic E-state index is 12.6. The molecule has 0 unspecified atom stereocenters. The minimum atomic E-state index is -0.386. The normalized spacial score (nSPS) is 16.1. The van der Waals surface area contributed by atoms with Gasteiger partial charge in [-0.1, -0.05) is 29.8 Å². The summed E-state index contributed by atoms with van der Waals surface area (Å²) in [6.45, 7) is 0.123. The number of aromatic hydroxyl groups is 1. The Morgan fingerprint density at radius 3 is 2.64 bits per heavy atom. The molecule has 1 fully saturated rings. The quantitative estimate of drug-likeness (QED) is 0.376. The molecule has 0 aromatic heterocycles. The molecule has 8 heteroatoms. The van der Waals surface area contributed by atoms with E-state index in [9.17, 15) is 14.7 Å². The minimum absolute atomic E-state index is 0.0962. The van der Waals surface area contributed by atoms with E-state index in [0.29, 0.717) is 19.7 Å². The number of carbonyl (C=O) groups is 2. The van der Waals surface area contributed by atoms with Gasteiger partial charge in [0, 0.05) is 14.2 Å². The first-order valence-electron chi connectivity index (χ1n) is 7.03. The number of thioether (sulfide) groups is 1. The largest absolute Gasteiger partial charge is 0.506 e. The third-order valence-corrected chi connectivity index (χ3v) is 6.23. The molecule has 1 N–H and O–H groups in total. The summed E-state index contributed by atoms with van der Waals surface area (Å²) >= 11 is 11.1. The number of hydrogen-bond donors (Lipinski definition) is 1. The molecule has 3 rings (SSSR count). The van der Waals surface area contributed by atoms with E-state index in [0.717, 1.165) is 20.2 Å². The Balaban J connectivity index is 1.90. The molecule has 0 bridgehead atoms. The van der Waals surface area contributed by atoms with Gasteiger partial charge < -0.3 is 5.11 Å². The smallest absolute Gasteiger partial charge is 0.293 e. The van der Waals surface area contributed by atoms with Crippen LogP contribution in [0.3, 0.4) is 0 Å². The average Bonchev–Trinajstić information content (AvgIpc) is 2.81. The van der Waals surface area contributed by atoms with Crippen molar-refractivity contribution in [2.24, 2.45) is 0 Å². The van der Waals surface area contributed by atoms with E-state index in [-0.39, 0.29) is 28.3 Å². The van der Waals surface area contributed by atoms with Crippen LogP contribution < -0.4 is 0 Å². The van der Waals surface area contributed by atoms with Crippen LogP contribution in [0.2, 0.25) is 5.02 Å². The summed E-state index contributed by atoms with van der Waals surface area (Å²) in [6.07, 6.45) is 1.55. The van der Waals surface area contributed by atoms with E-state index in [1.165, 1.54) is 0 Å². The number of amides is 2. The van der Waals surface area contributed by atoms with Crippen molar-refractivity contribution < 1.29 is 14.7 Å². The molecule has 1 heterocycles. The number of nitrogens with zero attached hydrogens (tertiary/aromatic N) is 1. The van der Waals surface area contributed by atoms with Crippen molar-refractivity contribution in [2.45, 2.75) is 6.54 Å². The summed E-state index contributed by atoms with van der Waals surface area (Å²) in [7, 11) is 0. The van der Waals surface area contributed by atoms with Crippen LogP contribution in [0, 0.1) is 7.14 Å². The van der Waals surface area contributed by atoms with Gasteiger partial charge in [-0.15, -0.1) is 0 Å². The third kappa shape index (κ3) is 4.15. The van der Waals surface area contributed by atoms with Crippen molar-refractivity contribution in [3.8, 4) is 5.75 Å². The van der Waals surface area contributed by atoms with Gasteiger partial charge in [0.25, 0.3) is 11.1 Å². The van der Waals surface area contributed by atoms with Gasteiger partial charge in [-0.3, -0.25) is 14.5 Å². The number of benzene rings is 2. The predicted octanol–water partition coefficient (Wildman–Crippen LogP) is 5.49. The molecule has 0 spiro atoms. The van der Waals surface area contributed by atoms with Crippen LogP contribution in [0.1, 0.15) is 11.1 Å². The molecule has 2 amide bonds. The highest BCUT2D eigenvalue weighted by molar-refractivity contribution is 14.1. The van der Waals surface area contributed by atoms with Gasteiger partial charge in [0.1, 0.15) is 5.75 Å². The van der Waals surface area contributed by atoms with Crippen molar-refractivity contribution in [1.82, 2.24) is 4.90 Å². The average molecular weight is 598 g/mol. The summed E-state index contributed by atoms with van der Waals surface area (Å²) in [6, 6.07) is 10.7. The van der Waals surface area contributed by atoms with Gasteiger partial charge in [-0.25, -0.2) is 0 Å². The molecule has 0 saturated carbocycles. The minimum Gasteiger partial charge on any atom is -0.506 e. The van der Waals surface area contributed by atoms with Crippen molar-refractivity contribution in [3.63, 3.8) is 0 Å². The topological polar surface area (TPSA) is 57.6 Å². The summed E-state index contributed by atoms with van der Waals surface area (Å²) < 4.78 is 1.62. The van der Waals surface area contributed by atoms with Gasteiger partial charge in [0.2, 0.25) is 0 Å². The fraction of sp³-hybridized carbons (Fsp3) is 0.0588. The second-order valence-electron chi connectivity index (χ2n) is 5.18. The van der Waals surface area contributed by atoms with Crippen LogP contribution in [0.15, 0.2) is 41.3 Å². The molecule has 128 valence electrons. The summed E-state index contributed by atoms with van der Waals surface area (Å²) in [5.41, 5.74) is 1.22. The van der Waals surface area contributed by atoms with Crippen molar-refractivity contribution in [3.05, 3.63) is 64.6 Å². The second-order valence-corrected chi connectivity index (χ2v) is 8.99. The Kier molecular flexibility index (Phi) is 5.96. The summed E-state index contributed by atoms with van der Waals surface area (Å²) in [5, 5.41) is 10.3. The number of phenols is 1. The molecular weight excluding hydrogens is 588 g/mol. The molecular formula is C17H10ClI2NO3S. The Hall–Kier alpha value is -0.780. The first-order valence-corrected chi connectivity index (χ1v) is 10.4. The fourth-order valence-electron chi connectivity index (χ4n) is 2.27. The molecule has 1 saturated heterocycles. The number of carbonyl (C=O) groups excluding carboxylic acids is 2. The number of hydrogen-bond acceptors (Lipinski definition) is 4. The van der Waals surface area contributed by atoms with E-state index in [4.69, 9.17) is 11.6 Å². The molecule has 1 aliphatic rings. The van der Waals surface area contributed by atoms with E-state index < -0.39 is 0 Å². The van der Waals surface area contributed by atoms with Crippen LogP contribution >= 0.6 is 68.5 Å². The summed E-state index contributed by atoms with van der Waals surface area (Å²) in [5.74, 6) is -0.290. The van der Waals surface area contributed by atoms with Crippen molar-refractivity contribution in [2.75, 3.05) is 0 Å². The van der Waals surface area contributed by atoms with Crippen LogP contribution in [0.5, 0.6) is 5.75 Å². The zero-order chi connectivity index (χ0) is 18.1. The standard InChI is InChI=1S/C17H10ClI2NO3S/c18-12-4-2-1-3-9(12)8-21-16(23)14(25-17(21)24)6-10-5-11(19)7-13(20)15(10)22/h1-7,22H,8H2/b14-6-. The number of phenolic OH excluding ortho intramolecular Hbond substituents is 1. The van der Waals surface area contributed by atoms with Crippen LogP contribution in [-0.4, -0.2) is 21.2 Å². The van der Waals surface area contributed by atoms with E-state index in [2.05, 4.69) is 22.6 Å². The Bertz CT molecular complexity index is 917. The highest BCUT2D eigenvalue weighted by atomic mass is 127. The summed E-state index contributed by atoms with van der Waals surface area (Å²) in [4.78, 5) is 26.3. The Morgan fingerprint density at radius 2 is 1.92 bits per heavy atom. The first-order chi connectivity index (χ1) is 11.9. The van der Waals surface area contributed by atoms with Gasteiger partial charge in [-0.2, -0.15) is 0 Å². The molecule has 2 aromatic rings. The van der Waals surface area contributed by atoms with Gasteiger partial charge >= 0.3 is 0 Å². The molecule has 1 aliphatic heterocycles. The highest BCUT2D eigenvalue weighted by Crippen LogP contribution is 2.36. The van der Waals surface area contributed by atoms with E-state index in [1.54, 1.807) is 30.3 Å². The lowest BCUT2D eigenvalue weighted by molar-refractivity contribution is -0.123.